The van der Waals surface area contributed by atoms with Crippen LogP contribution in [-0.4, -0.2) is 58.6 Å². The van der Waals surface area contributed by atoms with Crippen molar-refractivity contribution >= 4 is 5.91 Å². The van der Waals surface area contributed by atoms with Gasteiger partial charge in [-0.25, -0.2) is 0 Å². The fourth-order valence-corrected chi connectivity index (χ4v) is 3.05. The summed E-state index contributed by atoms with van der Waals surface area (Å²) in [6, 6.07) is 2.75. The second kappa shape index (κ2) is 5.56. The second-order valence-corrected chi connectivity index (χ2v) is 6.30. The highest BCUT2D eigenvalue weighted by Crippen LogP contribution is 2.27. The molecule has 1 aromatic heterocycles. The molecule has 5 heteroatoms. The minimum absolute atomic E-state index is 0.274. The third kappa shape index (κ3) is 3.03. The molecule has 1 saturated heterocycles. The number of aromatic nitrogens is 2. The number of hydrogen-bond donors (Lipinski definition) is 1. The van der Waals surface area contributed by atoms with Crippen LogP contribution in [0.25, 0.3) is 0 Å². The van der Waals surface area contributed by atoms with E-state index in [4.69, 9.17) is 0 Å². The maximum Gasteiger partial charge on any atom is 0.236 e. The molecule has 0 bridgehead atoms. The van der Waals surface area contributed by atoms with Gasteiger partial charge in [0.2, 0.25) is 5.91 Å². The lowest BCUT2D eigenvalue weighted by Gasteiger charge is -2.33. The van der Waals surface area contributed by atoms with Crippen molar-refractivity contribution in [3.63, 3.8) is 0 Å². The van der Waals surface area contributed by atoms with Crippen LogP contribution in [0.1, 0.15) is 43.0 Å². The molecular formula is C15H24N4O. The van der Waals surface area contributed by atoms with Crippen LogP contribution in [-0.2, 0) is 4.79 Å². The first kappa shape index (κ1) is 13.6. The topological polar surface area (TPSA) is 52.2 Å². The van der Waals surface area contributed by atoms with Gasteiger partial charge in [-0.15, -0.1) is 0 Å². The minimum Gasteiger partial charge on any atom is -0.341 e. The number of likely N-dealkylation sites (N-methyl/N-ethyl adjacent to an activating group) is 1. The molecule has 1 aliphatic heterocycles. The predicted octanol–water partition coefficient (Wildman–Crippen LogP) is 1.52. The van der Waals surface area contributed by atoms with Gasteiger partial charge in [0.05, 0.1) is 12.2 Å². The molecule has 1 saturated carbocycles. The first-order valence-corrected chi connectivity index (χ1v) is 7.63. The van der Waals surface area contributed by atoms with Crippen molar-refractivity contribution in [1.29, 1.82) is 0 Å². The molecule has 0 radical (unpaired) electrons. The summed E-state index contributed by atoms with van der Waals surface area (Å²) in [6.07, 6.45) is 4.71. The number of nitrogens with one attached hydrogen (secondary N) is 1. The molecule has 1 aliphatic carbocycles. The highest BCUT2D eigenvalue weighted by Gasteiger charge is 2.30. The van der Waals surface area contributed by atoms with E-state index in [1.165, 1.54) is 12.8 Å². The van der Waals surface area contributed by atoms with E-state index < -0.39 is 0 Å². The van der Waals surface area contributed by atoms with Gasteiger partial charge in [0, 0.05) is 30.7 Å². The van der Waals surface area contributed by atoms with Crippen LogP contribution in [0, 0.1) is 6.92 Å². The number of nitrogens with zero attached hydrogens (tertiary/aromatic N) is 3. The summed E-state index contributed by atoms with van der Waals surface area (Å²) in [4.78, 5) is 16.6. The third-order valence-electron chi connectivity index (χ3n) is 4.47. The highest BCUT2D eigenvalue weighted by atomic mass is 16.2. The zero-order valence-electron chi connectivity index (χ0n) is 12.4. The number of hydrogen-bond acceptors (Lipinski definition) is 3. The molecular weight excluding hydrogens is 252 g/mol. The standard InChI is InChI=1S/C15H24N4O/c1-11-8-14(17-16-11)12-4-3-7-19(9-12)15(20)10-18(2)13-5-6-13/h8,12-13H,3-7,9-10H2,1-2H3,(H,16,17)/t12-/m1/s1. The zero-order valence-corrected chi connectivity index (χ0v) is 12.4. The smallest absolute Gasteiger partial charge is 0.236 e. The summed E-state index contributed by atoms with van der Waals surface area (Å²) in [7, 11) is 2.06. The van der Waals surface area contributed by atoms with Crippen LogP contribution in [0.5, 0.6) is 0 Å². The summed E-state index contributed by atoms with van der Waals surface area (Å²) in [6.45, 7) is 4.31. The molecule has 0 aromatic carbocycles. The van der Waals surface area contributed by atoms with Gasteiger partial charge in [0.1, 0.15) is 0 Å². The average molecular weight is 276 g/mol. The fourth-order valence-electron chi connectivity index (χ4n) is 3.05. The van der Waals surface area contributed by atoms with Crippen LogP contribution in [0.2, 0.25) is 0 Å². The number of carbonyl (C=O) groups is 1. The molecule has 3 rings (SSSR count). The summed E-state index contributed by atoms with van der Waals surface area (Å²) >= 11 is 0. The van der Waals surface area contributed by atoms with E-state index in [2.05, 4.69) is 28.2 Å². The summed E-state index contributed by atoms with van der Waals surface area (Å²) in [5.41, 5.74) is 2.20. The van der Waals surface area contributed by atoms with Crippen molar-refractivity contribution in [3.8, 4) is 0 Å². The molecule has 20 heavy (non-hydrogen) atoms. The van der Waals surface area contributed by atoms with Crippen molar-refractivity contribution in [2.45, 2.75) is 44.6 Å². The molecule has 1 atom stereocenters. The van der Waals surface area contributed by atoms with Gasteiger partial charge < -0.3 is 4.90 Å². The Hall–Kier alpha value is -1.36. The Morgan fingerprint density at radius 1 is 1.50 bits per heavy atom. The number of aromatic amines is 1. The van der Waals surface area contributed by atoms with Gasteiger partial charge in [-0.1, -0.05) is 0 Å². The Bertz CT molecular complexity index is 480. The van der Waals surface area contributed by atoms with E-state index in [0.717, 1.165) is 37.3 Å². The van der Waals surface area contributed by atoms with Crippen LogP contribution in [0.4, 0.5) is 0 Å². The molecule has 2 aliphatic rings. The molecule has 1 N–H and O–H groups in total. The van der Waals surface area contributed by atoms with Crippen LogP contribution in [0.3, 0.4) is 0 Å². The largest absolute Gasteiger partial charge is 0.341 e. The second-order valence-electron chi connectivity index (χ2n) is 6.30. The molecule has 110 valence electrons. The Kier molecular flexibility index (Phi) is 3.78. The van der Waals surface area contributed by atoms with Crippen molar-refractivity contribution in [3.05, 3.63) is 17.5 Å². The molecule has 0 unspecified atom stereocenters. The quantitative estimate of drug-likeness (QED) is 0.907. The Balaban J connectivity index is 1.58. The molecule has 0 spiro atoms. The first-order chi connectivity index (χ1) is 9.63. The zero-order chi connectivity index (χ0) is 14.1. The van der Waals surface area contributed by atoms with E-state index in [-0.39, 0.29) is 5.91 Å². The molecule has 1 aromatic rings. The SMILES string of the molecule is Cc1cc([C@@H]2CCCN(C(=O)CN(C)C3CC3)C2)n[nH]1. The maximum absolute atomic E-state index is 12.4. The number of rotatable bonds is 4. The highest BCUT2D eigenvalue weighted by molar-refractivity contribution is 5.78. The third-order valence-corrected chi connectivity index (χ3v) is 4.47. The molecule has 2 fully saturated rings. The van der Waals surface area contributed by atoms with Crippen LogP contribution in [0.15, 0.2) is 6.07 Å². The predicted molar refractivity (Wildman–Crippen MR) is 77.5 cm³/mol. The normalized spacial score (nSPS) is 23.4. The average Bonchev–Trinajstić information content (AvgIpc) is 3.21. The monoisotopic (exact) mass is 276 g/mol. The number of aryl methyl sites for hydroxylation is 1. The molecule has 1 amide bonds. The first-order valence-electron chi connectivity index (χ1n) is 7.63. The van der Waals surface area contributed by atoms with E-state index in [1.807, 2.05) is 11.8 Å². The van der Waals surface area contributed by atoms with E-state index in [1.54, 1.807) is 0 Å². The van der Waals surface area contributed by atoms with Gasteiger partial charge in [-0.2, -0.15) is 5.10 Å². The number of piperidine rings is 1. The Labute approximate surface area is 120 Å². The van der Waals surface area contributed by atoms with E-state index in [0.29, 0.717) is 18.5 Å². The van der Waals surface area contributed by atoms with Gasteiger partial charge in [0.25, 0.3) is 0 Å². The van der Waals surface area contributed by atoms with E-state index >= 15 is 0 Å². The lowest BCUT2D eigenvalue weighted by molar-refractivity contribution is -0.133. The summed E-state index contributed by atoms with van der Waals surface area (Å²) < 4.78 is 0. The number of carbonyl (C=O) groups excluding carboxylic acids is 1. The van der Waals surface area contributed by atoms with E-state index in [9.17, 15) is 4.79 Å². The van der Waals surface area contributed by atoms with Gasteiger partial charge in [0.15, 0.2) is 0 Å². The van der Waals surface area contributed by atoms with Crippen molar-refractivity contribution < 1.29 is 4.79 Å². The molecule has 2 heterocycles. The van der Waals surface area contributed by atoms with Crippen LogP contribution >= 0.6 is 0 Å². The fraction of sp³-hybridized carbons (Fsp3) is 0.733. The van der Waals surface area contributed by atoms with Crippen molar-refractivity contribution in [1.82, 2.24) is 20.0 Å². The lowest BCUT2D eigenvalue weighted by Crippen LogP contribution is -2.44. The summed E-state index contributed by atoms with van der Waals surface area (Å²) in [5, 5.41) is 7.36. The summed E-state index contributed by atoms with van der Waals surface area (Å²) in [5.74, 6) is 0.667. The Morgan fingerprint density at radius 3 is 2.95 bits per heavy atom. The minimum atomic E-state index is 0.274. The molecule has 5 nitrogen and oxygen atoms in total. The van der Waals surface area contributed by atoms with Crippen molar-refractivity contribution in [2.75, 3.05) is 26.7 Å². The number of amides is 1. The van der Waals surface area contributed by atoms with Crippen molar-refractivity contribution in [2.24, 2.45) is 0 Å². The Morgan fingerprint density at radius 2 is 2.30 bits per heavy atom. The van der Waals surface area contributed by atoms with Gasteiger partial charge >= 0.3 is 0 Å². The maximum atomic E-state index is 12.4. The van der Waals surface area contributed by atoms with Gasteiger partial charge in [-0.3, -0.25) is 14.8 Å². The van der Waals surface area contributed by atoms with Gasteiger partial charge in [-0.05, 0) is 45.7 Å². The number of H-pyrrole nitrogens is 1. The lowest BCUT2D eigenvalue weighted by atomic mass is 9.94. The van der Waals surface area contributed by atoms with Crippen LogP contribution < -0.4 is 0 Å². The number of likely N-dealkylation sites (tertiary alicyclic amines) is 1.